The number of nitrogens with zero attached hydrogens (tertiary/aromatic N) is 3. The molecule has 3 aromatic carbocycles. The fourth-order valence-electron chi connectivity index (χ4n) is 3.50. The van der Waals surface area contributed by atoms with Crippen LogP contribution in [0.1, 0.15) is 26.3 Å². The number of hydrazone groups is 1. The molecule has 0 radical (unpaired) electrons. The fraction of sp³-hybridized carbons (Fsp3) is 0.160. The third kappa shape index (κ3) is 6.45. The van der Waals surface area contributed by atoms with Gasteiger partial charge in [0, 0.05) is 30.8 Å². The average Bonchev–Trinajstić information content (AvgIpc) is 2.94. The van der Waals surface area contributed by atoms with Gasteiger partial charge in [-0.2, -0.15) is 9.41 Å². The third-order valence-corrected chi connectivity index (χ3v) is 7.36. The summed E-state index contributed by atoms with van der Waals surface area (Å²) in [5.74, 6) is -1.14. The summed E-state index contributed by atoms with van der Waals surface area (Å²) in [6.07, 6.45) is 1.36. The lowest BCUT2D eigenvalue weighted by atomic mass is 10.2. The number of hydrogen-bond acceptors (Lipinski definition) is 9. The maximum atomic E-state index is 12.8. The van der Waals surface area contributed by atoms with Crippen molar-refractivity contribution >= 4 is 33.8 Å². The van der Waals surface area contributed by atoms with Gasteiger partial charge in [-0.1, -0.05) is 12.1 Å². The topological polar surface area (TPSA) is 158 Å². The summed E-state index contributed by atoms with van der Waals surface area (Å²) in [5.41, 5.74) is 2.86. The molecular weight excluding hydrogens is 516 g/mol. The van der Waals surface area contributed by atoms with Crippen molar-refractivity contribution in [2.75, 3.05) is 26.3 Å². The monoisotopic (exact) mass is 538 g/mol. The highest BCUT2D eigenvalue weighted by Gasteiger charge is 2.26. The van der Waals surface area contributed by atoms with Crippen LogP contribution in [-0.2, 0) is 14.8 Å². The molecule has 0 unspecified atom stereocenters. The molecule has 0 saturated carbocycles. The Morgan fingerprint density at radius 1 is 1.00 bits per heavy atom. The summed E-state index contributed by atoms with van der Waals surface area (Å²) in [6.45, 7) is 1.12. The summed E-state index contributed by atoms with van der Waals surface area (Å²) < 4.78 is 37.4. The minimum atomic E-state index is -3.75. The summed E-state index contributed by atoms with van der Waals surface area (Å²) in [7, 11) is -3.75. The number of carbonyl (C=O) groups excluding carboxylic acids is 2. The van der Waals surface area contributed by atoms with Crippen LogP contribution in [0, 0.1) is 10.1 Å². The van der Waals surface area contributed by atoms with E-state index in [0.717, 1.165) is 6.07 Å². The molecule has 12 nitrogen and oxygen atoms in total. The number of hydrogen-bond donors (Lipinski definition) is 1. The van der Waals surface area contributed by atoms with Crippen LogP contribution in [0.25, 0.3) is 0 Å². The number of sulfonamides is 1. The van der Waals surface area contributed by atoms with E-state index >= 15 is 0 Å². The van der Waals surface area contributed by atoms with Crippen LogP contribution in [0.5, 0.6) is 5.75 Å². The van der Waals surface area contributed by atoms with Crippen LogP contribution < -0.4 is 10.2 Å². The molecule has 1 aliphatic rings. The maximum absolute atomic E-state index is 12.8. The Labute approximate surface area is 217 Å². The number of ether oxygens (including phenoxy) is 2. The van der Waals surface area contributed by atoms with Crippen molar-refractivity contribution in [1.82, 2.24) is 9.73 Å². The quantitative estimate of drug-likeness (QED) is 0.151. The van der Waals surface area contributed by atoms with Gasteiger partial charge in [-0.05, 0) is 54.1 Å². The van der Waals surface area contributed by atoms with Crippen molar-refractivity contribution in [3.8, 4) is 5.75 Å². The van der Waals surface area contributed by atoms with Gasteiger partial charge in [0.25, 0.3) is 11.6 Å². The molecule has 196 valence electrons. The van der Waals surface area contributed by atoms with Crippen molar-refractivity contribution < 1.29 is 32.4 Å². The van der Waals surface area contributed by atoms with Crippen LogP contribution in [0.3, 0.4) is 0 Å². The largest absolute Gasteiger partial charge is 0.423 e. The van der Waals surface area contributed by atoms with Gasteiger partial charge in [0.2, 0.25) is 10.0 Å². The molecule has 0 aromatic heterocycles. The van der Waals surface area contributed by atoms with E-state index in [1.54, 1.807) is 12.1 Å². The number of nitro groups is 1. The summed E-state index contributed by atoms with van der Waals surface area (Å²) in [5, 5.41) is 14.8. The van der Waals surface area contributed by atoms with E-state index in [-0.39, 0.29) is 40.5 Å². The highest BCUT2D eigenvalue weighted by molar-refractivity contribution is 7.89. The first-order chi connectivity index (χ1) is 18.2. The van der Waals surface area contributed by atoms with E-state index in [0.29, 0.717) is 18.8 Å². The van der Waals surface area contributed by atoms with Gasteiger partial charge in [0.15, 0.2) is 0 Å². The molecule has 1 saturated heterocycles. The molecule has 1 heterocycles. The number of nitro benzene ring substituents is 1. The van der Waals surface area contributed by atoms with Crippen LogP contribution in [0.2, 0.25) is 0 Å². The predicted molar refractivity (Wildman–Crippen MR) is 136 cm³/mol. The molecule has 3 aromatic rings. The minimum Gasteiger partial charge on any atom is -0.423 e. The Hall–Kier alpha value is -4.46. The van der Waals surface area contributed by atoms with Crippen molar-refractivity contribution in [1.29, 1.82) is 0 Å². The van der Waals surface area contributed by atoms with E-state index < -0.39 is 26.8 Å². The number of amides is 1. The van der Waals surface area contributed by atoms with Gasteiger partial charge in [0.05, 0.1) is 34.8 Å². The van der Waals surface area contributed by atoms with E-state index in [1.807, 2.05) is 0 Å². The zero-order valence-corrected chi connectivity index (χ0v) is 20.7. The lowest BCUT2D eigenvalue weighted by Gasteiger charge is -2.26. The minimum absolute atomic E-state index is 0.00581. The Morgan fingerprint density at radius 2 is 1.68 bits per heavy atom. The van der Waals surface area contributed by atoms with Crippen LogP contribution in [0.4, 0.5) is 5.69 Å². The lowest BCUT2D eigenvalue weighted by molar-refractivity contribution is -0.384. The Bertz CT molecular complexity index is 1480. The number of rotatable bonds is 8. The smallest absolute Gasteiger partial charge is 0.343 e. The van der Waals surface area contributed by atoms with Crippen molar-refractivity contribution in [3.63, 3.8) is 0 Å². The molecule has 4 rings (SSSR count). The molecule has 1 fully saturated rings. The van der Waals surface area contributed by atoms with Crippen molar-refractivity contribution in [2.45, 2.75) is 4.90 Å². The second-order valence-electron chi connectivity index (χ2n) is 8.01. The lowest BCUT2D eigenvalue weighted by Crippen LogP contribution is -2.40. The first-order valence-electron chi connectivity index (χ1n) is 11.3. The number of esters is 1. The van der Waals surface area contributed by atoms with E-state index in [2.05, 4.69) is 10.5 Å². The van der Waals surface area contributed by atoms with Gasteiger partial charge < -0.3 is 9.47 Å². The molecule has 0 aliphatic carbocycles. The molecule has 1 aliphatic heterocycles. The summed E-state index contributed by atoms with van der Waals surface area (Å²) in [6, 6.07) is 17.0. The Balaban J connectivity index is 1.35. The Kier molecular flexibility index (Phi) is 8.21. The van der Waals surface area contributed by atoms with Gasteiger partial charge in [0.1, 0.15) is 5.75 Å². The molecule has 0 atom stereocenters. The highest BCUT2D eigenvalue weighted by atomic mass is 32.2. The summed E-state index contributed by atoms with van der Waals surface area (Å²) in [4.78, 5) is 35.1. The standard InChI is InChI=1S/C25H22N4O8S/c30-24(19-3-2-6-23(16-19)38(34,35)28-11-13-36-14-12-28)27-26-17-18-7-9-22(10-8-18)37-25(31)20-4-1-5-21(15-20)29(32)33/h1-10,15-17H,11-14H2,(H,27,30). The third-order valence-electron chi connectivity index (χ3n) is 5.47. The predicted octanol–water partition coefficient (Wildman–Crippen LogP) is 2.60. The van der Waals surface area contributed by atoms with E-state index in [4.69, 9.17) is 9.47 Å². The van der Waals surface area contributed by atoms with Crippen LogP contribution >= 0.6 is 0 Å². The molecule has 1 N–H and O–H groups in total. The second kappa shape index (κ2) is 11.7. The van der Waals surface area contributed by atoms with E-state index in [9.17, 15) is 28.1 Å². The average molecular weight is 539 g/mol. The zero-order valence-electron chi connectivity index (χ0n) is 19.8. The summed E-state index contributed by atoms with van der Waals surface area (Å²) >= 11 is 0. The van der Waals surface area contributed by atoms with Crippen molar-refractivity contribution in [3.05, 3.63) is 99.6 Å². The van der Waals surface area contributed by atoms with Gasteiger partial charge in [-0.3, -0.25) is 14.9 Å². The molecule has 1 amide bonds. The highest BCUT2D eigenvalue weighted by Crippen LogP contribution is 2.19. The second-order valence-corrected chi connectivity index (χ2v) is 9.95. The van der Waals surface area contributed by atoms with Crippen molar-refractivity contribution in [2.24, 2.45) is 5.10 Å². The van der Waals surface area contributed by atoms with Crippen LogP contribution in [0.15, 0.2) is 82.8 Å². The SMILES string of the molecule is O=C(NN=Cc1ccc(OC(=O)c2cccc([N+](=O)[O-])c2)cc1)c1cccc(S(=O)(=O)N2CCOCC2)c1. The normalized spacial score (nSPS) is 14.2. The number of carbonyl (C=O) groups is 2. The number of benzene rings is 3. The van der Waals surface area contributed by atoms with Crippen LogP contribution in [-0.4, -0.2) is 62.0 Å². The molecular formula is C25H22N4O8S. The maximum Gasteiger partial charge on any atom is 0.343 e. The number of morpholine rings is 1. The first kappa shape index (κ1) is 26.6. The van der Waals surface area contributed by atoms with Gasteiger partial charge >= 0.3 is 5.97 Å². The number of non-ortho nitro benzene ring substituents is 1. The number of nitrogens with one attached hydrogen (secondary N) is 1. The van der Waals surface area contributed by atoms with Gasteiger partial charge in [-0.25, -0.2) is 18.6 Å². The fourth-order valence-corrected chi connectivity index (χ4v) is 4.95. The van der Waals surface area contributed by atoms with Gasteiger partial charge in [-0.15, -0.1) is 0 Å². The molecule has 0 bridgehead atoms. The zero-order chi connectivity index (χ0) is 27.1. The molecule has 0 spiro atoms. The van der Waals surface area contributed by atoms with E-state index in [1.165, 1.54) is 65.1 Å². The molecule has 13 heteroatoms. The first-order valence-corrected chi connectivity index (χ1v) is 12.8. The molecule has 38 heavy (non-hydrogen) atoms. The Morgan fingerprint density at radius 3 is 2.39 bits per heavy atom.